The van der Waals surface area contributed by atoms with Gasteiger partial charge in [0, 0.05) is 18.5 Å². The Bertz CT molecular complexity index is 593. The molecule has 132 valence electrons. The van der Waals surface area contributed by atoms with Gasteiger partial charge in [0.05, 0.1) is 5.92 Å². The van der Waals surface area contributed by atoms with Crippen LogP contribution in [0, 0.1) is 11.3 Å². The van der Waals surface area contributed by atoms with E-state index in [9.17, 15) is 9.59 Å². The summed E-state index contributed by atoms with van der Waals surface area (Å²) in [6.07, 6.45) is 1.34. The fourth-order valence-corrected chi connectivity index (χ4v) is 3.03. The second-order valence-corrected chi connectivity index (χ2v) is 7.93. The Kier molecular flexibility index (Phi) is 5.68. The summed E-state index contributed by atoms with van der Waals surface area (Å²) in [5, 5.41) is 0. The lowest BCUT2D eigenvalue weighted by atomic mass is 9.91. The van der Waals surface area contributed by atoms with E-state index in [-0.39, 0.29) is 23.2 Å². The third kappa shape index (κ3) is 4.37. The molecule has 1 aromatic rings. The summed E-state index contributed by atoms with van der Waals surface area (Å²) in [7, 11) is 0. The van der Waals surface area contributed by atoms with Gasteiger partial charge < -0.3 is 9.64 Å². The number of carbonyl (C=O) groups is 2. The van der Waals surface area contributed by atoms with E-state index in [4.69, 9.17) is 4.74 Å². The monoisotopic (exact) mass is 331 g/mol. The molecule has 0 atom stereocenters. The molecule has 1 amide bonds. The highest BCUT2D eigenvalue weighted by Gasteiger charge is 2.33. The molecule has 0 saturated carbocycles. The highest BCUT2D eigenvalue weighted by molar-refractivity contribution is 5.82. The molecule has 1 aliphatic heterocycles. The minimum absolute atomic E-state index is 0.130. The molecule has 0 aliphatic carbocycles. The Labute approximate surface area is 145 Å². The number of rotatable bonds is 3. The lowest BCUT2D eigenvalue weighted by Crippen LogP contribution is -2.45. The third-order valence-electron chi connectivity index (χ3n) is 4.51. The average Bonchev–Trinajstić information content (AvgIpc) is 2.53. The minimum Gasteiger partial charge on any atom is -0.426 e. The van der Waals surface area contributed by atoms with Crippen molar-refractivity contribution < 1.29 is 14.3 Å². The van der Waals surface area contributed by atoms with Crippen molar-refractivity contribution in [2.45, 2.75) is 53.4 Å². The smallest absolute Gasteiger partial charge is 0.314 e. The summed E-state index contributed by atoms with van der Waals surface area (Å²) in [6.45, 7) is 11.2. The van der Waals surface area contributed by atoms with Crippen LogP contribution in [0.5, 0.6) is 5.75 Å². The van der Waals surface area contributed by atoms with Crippen LogP contribution in [0.3, 0.4) is 0 Å². The van der Waals surface area contributed by atoms with Crippen LogP contribution in [0.15, 0.2) is 24.3 Å². The van der Waals surface area contributed by atoms with E-state index >= 15 is 0 Å². The molecular formula is C20H29NO3. The van der Waals surface area contributed by atoms with Crippen LogP contribution in [-0.2, 0) is 9.59 Å². The molecule has 0 spiro atoms. The summed E-state index contributed by atoms with van der Waals surface area (Å²) < 4.78 is 5.67. The van der Waals surface area contributed by atoms with Crippen molar-refractivity contribution in [1.29, 1.82) is 0 Å². The molecule has 0 aromatic heterocycles. The van der Waals surface area contributed by atoms with Gasteiger partial charge in [-0.05, 0) is 30.4 Å². The number of piperidine rings is 1. The molecule has 1 saturated heterocycles. The summed E-state index contributed by atoms with van der Waals surface area (Å²) in [6, 6.07) is 7.70. The summed E-state index contributed by atoms with van der Waals surface area (Å²) >= 11 is 0. The molecule has 1 aliphatic rings. The molecule has 1 fully saturated rings. The topological polar surface area (TPSA) is 46.6 Å². The van der Waals surface area contributed by atoms with Crippen molar-refractivity contribution in [2.24, 2.45) is 11.3 Å². The Morgan fingerprint density at radius 3 is 2.25 bits per heavy atom. The number of amides is 1. The zero-order valence-electron chi connectivity index (χ0n) is 15.5. The van der Waals surface area contributed by atoms with E-state index in [2.05, 4.69) is 13.8 Å². The number of likely N-dealkylation sites (tertiary alicyclic amines) is 1. The number of hydrogen-bond acceptors (Lipinski definition) is 3. The molecule has 0 unspecified atom stereocenters. The van der Waals surface area contributed by atoms with Crippen molar-refractivity contribution in [1.82, 2.24) is 4.90 Å². The number of nitrogens with zero attached hydrogens (tertiary/aromatic N) is 1. The quantitative estimate of drug-likeness (QED) is 0.621. The molecular weight excluding hydrogens is 302 g/mol. The van der Waals surface area contributed by atoms with Gasteiger partial charge in [0.1, 0.15) is 5.75 Å². The first-order valence-electron chi connectivity index (χ1n) is 8.80. The predicted octanol–water partition coefficient (Wildman–Crippen LogP) is 4.00. The van der Waals surface area contributed by atoms with Crippen LogP contribution >= 0.6 is 0 Å². The Morgan fingerprint density at radius 1 is 1.12 bits per heavy atom. The second kappa shape index (κ2) is 7.37. The second-order valence-electron chi connectivity index (χ2n) is 7.93. The van der Waals surface area contributed by atoms with E-state index in [1.807, 2.05) is 49.9 Å². The molecule has 1 heterocycles. The van der Waals surface area contributed by atoms with Crippen LogP contribution in [0.4, 0.5) is 0 Å². The summed E-state index contributed by atoms with van der Waals surface area (Å²) in [5.41, 5.74) is 0.676. The van der Waals surface area contributed by atoms with Crippen LogP contribution in [0.2, 0.25) is 0 Å². The van der Waals surface area contributed by atoms with E-state index in [0.29, 0.717) is 37.6 Å². The van der Waals surface area contributed by atoms with Gasteiger partial charge in [0.2, 0.25) is 5.91 Å². The molecule has 4 heteroatoms. The van der Waals surface area contributed by atoms with Crippen LogP contribution in [0.1, 0.15) is 58.9 Å². The Hall–Kier alpha value is -1.84. The largest absolute Gasteiger partial charge is 0.426 e. The van der Waals surface area contributed by atoms with Crippen molar-refractivity contribution in [2.75, 3.05) is 13.1 Å². The first kappa shape index (κ1) is 18.5. The van der Waals surface area contributed by atoms with Gasteiger partial charge in [-0.25, -0.2) is 0 Å². The van der Waals surface area contributed by atoms with Crippen LogP contribution in [0.25, 0.3) is 0 Å². The third-order valence-corrected chi connectivity index (χ3v) is 4.51. The van der Waals surface area contributed by atoms with Gasteiger partial charge in [-0.1, -0.05) is 52.8 Å². The molecule has 4 nitrogen and oxygen atoms in total. The zero-order valence-corrected chi connectivity index (χ0v) is 15.5. The number of carbonyl (C=O) groups excluding carboxylic acids is 2. The van der Waals surface area contributed by atoms with Gasteiger partial charge in [0.15, 0.2) is 0 Å². The fourth-order valence-electron chi connectivity index (χ4n) is 3.03. The normalized spacial score (nSPS) is 16.3. The number of para-hydroxylation sites is 1. The molecule has 24 heavy (non-hydrogen) atoms. The van der Waals surface area contributed by atoms with Crippen LogP contribution in [-0.4, -0.2) is 29.9 Å². The summed E-state index contributed by atoms with van der Waals surface area (Å²) in [4.78, 5) is 26.7. The SMILES string of the molecule is CC(C)c1ccccc1OC(=O)C1CCN(C(=O)C(C)(C)C)CC1. The molecule has 2 rings (SSSR count). The fraction of sp³-hybridized carbons (Fsp3) is 0.600. The van der Waals surface area contributed by atoms with Gasteiger partial charge in [-0.15, -0.1) is 0 Å². The number of ether oxygens (including phenoxy) is 1. The van der Waals surface area contributed by atoms with Crippen molar-refractivity contribution in [3.05, 3.63) is 29.8 Å². The highest BCUT2D eigenvalue weighted by atomic mass is 16.5. The molecule has 0 radical (unpaired) electrons. The molecule has 0 N–H and O–H groups in total. The highest BCUT2D eigenvalue weighted by Crippen LogP contribution is 2.29. The maximum absolute atomic E-state index is 12.5. The van der Waals surface area contributed by atoms with E-state index in [1.165, 1.54) is 0 Å². The number of hydrogen-bond donors (Lipinski definition) is 0. The Balaban J connectivity index is 1.96. The molecule has 1 aromatic carbocycles. The van der Waals surface area contributed by atoms with E-state index in [0.717, 1.165) is 5.56 Å². The summed E-state index contributed by atoms with van der Waals surface area (Å²) in [5.74, 6) is 0.811. The van der Waals surface area contributed by atoms with Crippen molar-refractivity contribution in [3.8, 4) is 5.75 Å². The van der Waals surface area contributed by atoms with Gasteiger partial charge in [-0.3, -0.25) is 9.59 Å². The van der Waals surface area contributed by atoms with Crippen molar-refractivity contribution in [3.63, 3.8) is 0 Å². The predicted molar refractivity (Wildman–Crippen MR) is 94.9 cm³/mol. The van der Waals surface area contributed by atoms with Crippen LogP contribution < -0.4 is 4.74 Å². The first-order valence-corrected chi connectivity index (χ1v) is 8.80. The zero-order chi connectivity index (χ0) is 17.9. The van der Waals surface area contributed by atoms with E-state index < -0.39 is 0 Å². The maximum atomic E-state index is 12.5. The standard InChI is InChI=1S/C20H29NO3/c1-14(2)16-8-6-7-9-17(16)24-18(22)15-10-12-21(13-11-15)19(23)20(3,4)5/h6-9,14-15H,10-13H2,1-5H3. The van der Waals surface area contributed by atoms with E-state index in [1.54, 1.807) is 0 Å². The van der Waals surface area contributed by atoms with Gasteiger partial charge >= 0.3 is 5.97 Å². The van der Waals surface area contributed by atoms with Gasteiger partial charge in [0.25, 0.3) is 0 Å². The lowest BCUT2D eigenvalue weighted by Gasteiger charge is -2.35. The average molecular weight is 331 g/mol. The first-order chi connectivity index (χ1) is 11.2. The maximum Gasteiger partial charge on any atom is 0.314 e. The molecule has 0 bridgehead atoms. The lowest BCUT2D eigenvalue weighted by molar-refractivity contribution is -0.146. The Morgan fingerprint density at radius 2 is 1.71 bits per heavy atom. The number of esters is 1. The van der Waals surface area contributed by atoms with Gasteiger partial charge in [-0.2, -0.15) is 0 Å². The van der Waals surface area contributed by atoms with Crippen molar-refractivity contribution >= 4 is 11.9 Å². The minimum atomic E-state index is -0.371. The number of benzene rings is 1.